The molecular weight excluding hydrogens is 569 g/mol. The molecule has 6 rings (SSSR count). The molecule has 0 spiro atoms. The summed E-state index contributed by atoms with van der Waals surface area (Å²) in [4.78, 5) is 56.5. The third kappa shape index (κ3) is 5.00. The Labute approximate surface area is 241 Å². The normalized spacial score (nSPS) is 19.5. The van der Waals surface area contributed by atoms with Crippen molar-refractivity contribution in [1.29, 1.82) is 0 Å². The van der Waals surface area contributed by atoms with E-state index in [1.54, 1.807) is 42.5 Å². The fourth-order valence-electron chi connectivity index (χ4n) is 5.08. The van der Waals surface area contributed by atoms with Crippen molar-refractivity contribution in [1.82, 2.24) is 4.98 Å². The summed E-state index contributed by atoms with van der Waals surface area (Å²) in [5.41, 5.74) is 1.58. The second-order valence-electron chi connectivity index (χ2n) is 9.35. The molecule has 0 radical (unpaired) electrons. The molecule has 1 saturated heterocycles. The van der Waals surface area contributed by atoms with Gasteiger partial charge >= 0.3 is 4.87 Å². The van der Waals surface area contributed by atoms with Gasteiger partial charge in [0, 0.05) is 16.5 Å². The average molecular weight is 592 g/mol. The van der Waals surface area contributed by atoms with Gasteiger partial charge in [-0.1, -0.05) is 47.4 Å². The van der Waals surface area contributed by atoms with Crippen molar-refractivity contribution < 1.29 is 28.2 Å². The first kappa shape index (κ1) is 26.8. The van der Waals surface area contributed by atoms with E-state index in [1.165, 1.54) is 48.0 Å². The first-order valence-corrected chi connectivity index (χ1v) is 14.2. The number of thioether (sulfide) groups is 1. The number of halogens is 1. The standard InChI is InChI=1S/C29H22FN3O6S2/c1-38-20-13-15(7-12-19(20)39-14-21(34)31-17-10-8-16(30)9-11-17)22-23-25(40-26-24(22)41-29(37)32-26)28(36)33(27(23)35)18-5-3-2-4-6-18/h2-13,22-23,25H,14H2,1H3,(H,31,34)(H,32,37)/t22-,23-,25+/m0/s1. The van der Waals surface area contributed by atoms with Crippen molar-refractivity contribution in [3.63, 3.8) is 0 Å². The quantitative estimate of drug-likeness (QED) is 0.306. The third-order valence-corrected chi connectivity index (χ3v) is 9.27. The van der Waals surface area contributed by atoms with Gasteiger partial charge in [0.25, 0.3) is 5.91 Å². The monoisotopic (exact) mass is 591 g/mol. The van der Waals surface area contributed by atoms with Crippen LogP contribution in [0.15, 0.2) is 82.6 Å². The Bertz CT molecular complexity index is 1710. The number of aromatic amines is 1. The van der Waals surface area contributed by atoms with Gasteiger partial charge in [-0.2, -0.15) is 0 Å². The second-order valence-corrected chi connectivity index (χ2v) is 11.5. The predicted molar refractivity (Wildman–Crippen MR) is 152 cm³/mol. The Morgan fingerprint density at radius 2 is 1.76 bits per heavy atom. The van der Waals surface area contributed by atoms with Crippen LogP contribution in [-0.2, 0) is 14.4 Å². The molecular formula is C29H22FN3O6S2. The molecule has 1 aromatic heterocycles. The largest absolute Gasteiger partial charge is 0.493 e. The molecule has 1 fully saturated rings. The number of carbonyl (C=O) groups is 3. The van der Waals surface area contributed by atoms with Gasteiger partial charge in [0.15, 0.2) is 18.1 Å². The molecule has 3 aromatic carbocycles. The fraction of sp³-hybridized carbons (Fsp3) is 0.172. The number of carbonyl (C=O) groups excluding carboxylic acids is 3. The maximum atomic E-state index is 13.8. The number of anilines is 2. The summed E-state index contributed by atoms with van der Waals surface area (Å²) in [6.45, 7) is -0.333. The first-order valence-electron chi connectivity index (χ1n) is 12.5. The van der Waals surface area contributed by atoms with Crippen molar-refractivity contribution >= 4 is 52.2 Å². The minimum atomic E-state index is -0.746. The highest BCUT2D eigenvalue weighted by atomic mass is 32.2. The Morgan fingerprint density at radius 1 is 1.00 bits per heavy atom. The summed E-state index contributed by atoms with van der Waals surface area (Å²) < 4.78 is 24.4. The van der Waals surface area contributed by atoms with Crippen LogP contribution in [0.3, 0.4) is 0 Å². The van der Waals surface area contributed by atoms with E-state index < -0.39 is 28.8 Å². The lowest BCUT2D eigenvalue weighted by atomic mass is 9.83. The molecule has 2 aliphatic heterocycles. The van der Waals surface area contributed by atoms with Gasteiger partial charge in [-0.15, -0.1) is 0 Å². The number of fused-ring (bicyclic) bond motifs is 2. The van der Waals surface area contributed by atoms with Crippen molar-refractivity contribution in [2.45, 2.75) is 16.2 Å². The van der Waals surface area contributed by atoms with E-state index in [1.807, 2.05) is 6.07 Å². The first-order chi connectivity index (χ1) is 19.8. The number of thiazole rings is 1. The highest BCUT2D eigenvalue weighted by Gasteiger charge is 2.56. The van der Waals surface area contributed by atoms with Crippen molar-refractivity contribution in [3.05, 3.63) is 98.7 Å². The Balaban J connectivity index is 1.29. The maximum absolute atomic E-state index is 13.8. The molecule has 0 bridgehead atoms. The number of para-hydroxylation sites is 1. The average Bonchev–Trinajstić information content (AvgIpc) is 3.47. The van der Waals surface area contributed by atoms with Crippen LogP contribution in [0.4, 0.5) is 15.8 Å². The topological polar surface area (TPSA) is 118 Å². The molecule has 9 nitrogen and oxygen atoms in total. The van der Waals surface area contributed by atoms with E-state index >= 15 is 0 Å². The smallest absolute Gasteiger partial charge is 0.305 e. The number of benzene rings is 3. The maximum Gasteiger partial charge on any atom is 0.305 e. The van der Waals surface area contributed by atoms with Crippen LogP contribution in [0.25, 0.3) is 0 Å². The van der Waals surface area contributed by atoms with Gasteiger partial charge in [0.2, 0.25) is 11.8 Å². The number of H-pyrrole nitrogens is 1. The van der Waals surface area contributed by atoms with Crippen LogP contribution in [0.1, 0.15) is 16.4 Å². The number of imide groups is 1. The predicted octanol–water partition coefficient (Wildman–Crippen LogP) is 4.40. The van der Waals surface area contributed by atoms with E-state index in [0.717, 1.165) is 11.3 Å². The summed E-state index contributed by atoms with van der Waals surface area (Å²) >= 11 is 2.22. The lowest BCUT2D eigenvalue weighted by Crippen LogP contribution is -2.32. The molecule has 0 saturated carbocycles. The summed E-state index contributed by atoms with van der Waals surface area (Å²) in [5.74, 6) is -2.28. The van der Waals surface area contributed by atoms with Gasteiger partial charge in [-0.25, -0.2) is 9.29 Å². The molecule has 2 aliphatic rings. The number of amides is 3. The number of nitrogens with zero attached hydrogens (tertiary/aromatic N) is 1. The van der Waals surface area contributed by atoms with Gasteiger partial charge < -0.3 is 19.8 Å². The highest BCUT2D eigenvalue weighted by molar-refractivity contribution is 8.00. The van der Waals surface area contributed by atoms with Gasteiger partial charge in [-0.3, -0.25) is 19.2 Å². The van der Waals surface area contributed by atoms with Crippen LogP contribution in [0, 0.1) is 11.7 Å². The molecule has 41 heavy (non-hydrogen) atoms. The number of methoxy groups -OCH3 is 1. The molecule has 4 aromatic rings. The zero-order chi connectivity index (χ0) is 28.7. The van der Waals surface area contributed by atoms with Crippen molar-refractivity contribution in [3.8, 4) is 11.5 Å². The van der Waals surface area contributed by atoms with Crippen LogP contribution in [0.5, 0.6) is 11.5 Å². The van der Waals surface area contributed by atoms with Gasteiger partial charge in [-0.05, 0) is 54.1 Å². The van der Waals surface area contributed by atoms with Crippen LogP contribution in [0.2, 0.25) is 0 Å². The Kier molecular flexibility index (Phi) is 7.10. The van der Waals surface area contributed by atoms with Crippen LogP contribution < -0.4 is 24.6 Å². The minimum Gasteiger partial charge on any atom is -0.493 e. The lowest BCUT2D eigenvalue weighted by molar-refractivity contribution is -0.122. The molecule has 3 amide bonds. The van der Waals surface area contributed by atoms with Crippen molar-refractivity contribution in [2.24, 2.45) is 5.92 Å². The number of rotatable bonds is 7. The molecule has 12 heteroatoms. The molecule has 0 aliphatic carbocycles. The van der Waals surface area contributed by atoms with Crippen LogP contribution >= 0.6 is 23.1 Å². The number of ether oxygens (including phenoxy) is 2. The zero-order valence-electron chi connectivity index (χ0n) is 21.5. The second kappa shape index (κ2) is 10.9. The lowest BCUT2D eigenvalue weighted by Gasteiger charge is -2.30. The Morgan fingerprint density at radius 3 is 2.49 bits per heavy atom. The molecule has 2 N–H and O–H groups in total. The Hall–Kier alpha value is -4.42. The van der Waals surface area contributed by atoms with E-state index in [4.69, 9.17) is 9.47 Å². The van der Waals surface area contributed by atoms with E-state index in [0.29, 0.717) is 32.6 Å². The molecule has 208 valence electrons. The van der Waals surface area contributed by atoms with Gasteiger partial charge in [0.1, 0.15) is 11.1 Å². The third-order valence-electron chi connectivity index (χ3n) is 6.87. The highest BCUT2D eigenvalue weighted by Crippen LogP contribution is 2.53. The summed E-state index contributed by atoms with van der Waals surface area (Å²) in [5, 5.41) is 2.47. The zero-order valence-corrected chi connectivity index (χ0v) is 23.1. The summed E-state index contributed by atoms with van der Waals surface area (Å²) in [6.07, 6.45) is 0. The van der Waals surface area contributed by atoms with Crippen LogP contribution in [-0.4, -0.2) is 41.7 Å². The van der Waals surface area contributed by atoms with Crippen molar-refractivity contribution in [2.75, 3.05) is 23.9 Å². The summed E-state index contributed by atoms with van der Waals surface area (Å²) in [6, 6.07) is 19.2. The van der Waals surface area contributed by atoms with E-state index in [9.17, 15) is 23.6 Å². The van der Waals surface area contributed by atoms with E-state index in [-0.39, 0.29) is 29.0 Å². The van der Waals surface area contributed by atoms with E-state index in [2.05, 4.69) is 10.3 Å². The molecule has 3 heterocycles. The number of nitrogens with one attached hydrogen (secondary N) is 2. The SMILES string of the molecule is COc1cc([C@@H]2c3sc(=O)[nH]c3S[C@H]3C(=O)N(c4ccccc4)C(=O)[C@@H]23)ccc1OCC(=O)Nc1ccc(F)cc1. The molecule has 3 atom stereocenters. The molecule has 0 unspecified atom stereocenters. The number of hydrogen-bond donors (Lipinski definition) is 2. The summed E-state index contributed by atoms with van der Waals surface area (Å²) in [7, 11) is 1.45. The number of aromatic nitrogens is 1. The van der Waals surface area contributed by atoms with Gasteiger partial charge in [0.05, 0.1) is 23.7 Å². The number of hydrogen-bond acceptors (Lipinski definition) is 8. The minimum absolute atomic E-state index is 0.272. The fourth-order valence-corrected chi connectivity index (χ4v) is 7.59.